The molecule has 0 aromatic rings. The van der Waals surface area contributed by atoms with Crippen LogP contribution in [0.15, 0.2) is 0 Å². The average Bonchev–Trinajstić information content (AvgIpc) is 2.86. The van der Waals surface area contributed by atoms with Crippen LogP contribution in [0.2, 0.25) is 0 Å². The highest BCUT2D eigenvalue weighted by atomic mass is 14.3. The summed E-state index contributed by atoms with van der Waals surface area (Å²) >= 11 is 0. The summed E-state index contributed by atoms with van der Waals surface area (Å²) in [6.45, 7) is 23.1. The van der Waals surface area contributed by atoms with Gasteiger partial charge in [0, 0.05) is 0 Å². The maximum absolute atomic E-state index is 2.38. The van der Waals surface area contributed by atoms with E-state index in [9.17, 15) is 0 Å². The molecule has 0 bridgehead atoms. The van der Waals surface area contributed by atoms with Crippen molar-refractivity contribution in [3.63, 3.8) is 0 Å². The molecule has 0 saturated heterocycles. The molecule has 1 aliphatic rings. The Balaban J connectivity index is -0.0000000905. The van der Waals surface area contributed by atoms with Gasteiger partial charge < -0.3 is 0 Å². The molecule has 0 N–H and O–H groups in total. The van der Waals surface area contributed by atoms with Gasteiger partial charge in [-0.25, -0.2) is 0 Å². The van der Waals surface area contributed by atoms with Gasteiger partial charge in [0.15, 0.2) is 0 Å². The summed E-state index contributed by atoms with van der Waals surface area (Å²) in [5.41, 5.74) is 0. The summed E-state index contributed by atoms with van der Waals surface area (Å²) < 4.78 is 0. The summed E-state index contributed by atoms with van der Waals surface area (Å²) in [4.78, 5) is 0. The minimum absolute atomic E-state index is 0.926. The third-order valence-corrected chi connectivity index (χ3v) is 2.68. The lowest BCUT2D eigenvalue weighted by Crippen LogP contribution is -2.02. The van der Waals surface area contributed by atoms with Gasteiger partial charge in [0.1, 0.15) is 0 Å². The SMILES string of the molecule is CC.CC.CC.CC.CC1CCC(C(C)C)C1. The predicted octanol–water partition coefficient (Wildman–Crippen LogP) is 7.18. The van der Waals surface area contributed by atoms with Crippen LogP contribution in [-0.4, -0.2) is 0 Å². The molecule has 0 radical (unpaired) electrons. The summed E-state index contributed by atoms with van der Waals surface area (Å²) in [5, 5.41) is 0. The van der Waals surface area contributed by atoms with Crippen LogP contribution in [0.1, 0.15) is 95.4 Å². The van der Waals surface area contributed by atoms with Gasteiger partial charge in [-0.15, -0.1) is 0 Å². The molecule has 0 aromatic carbocycles. The van der Waals surface area contributed by atoms with Gasteiger partial charge >= 0.3 is 0 Å². The number of hydrogen-bond acceptors (Lipinski definition) is 0. The first-order chi connectivity index (χ1) is 8.20. The molecular weight excluding hydrogens is 204 g/mol. The van der Waals surface area contributed by atoms with Gasteiger partial charge in [-0.2, -0.15) is 0 Å². The molecule has 110 valence electrons. The fourth-order valence-corrected chi connectivity index (χ4v) is 1.86. The van der Waals surface area contributed by atoms with Crippen LogP contribution >= 0.6 is 0 Å². The van der Waals surface area contributed by atoms with Gasteiger partial charge in [0.25, 0.3) is 0 Å². The van der Waals surface area contributed by atoms with E-state index in [2.05, 4.69) is 20.8 Å². The van der Waals surface area contributed by atoms with E-state index in [1.54, 1.807) is 0 Å². The van der Waals surface area contributed by atoms with E-state index in [-0.39, 0.29) is 0 Å². The molecule has 0 nitrogen and oxygen atoms in total. The Morgan fingerprint density at radius 2 is 1.06 bits per heavy atom. The van der Waals surface area contributed by atoms with Crippen LogP contribution < -0.4 is 0 Å². The van der Waals surface area contributed by atoms with Crippen molar-refractivity contribution in [1.29, 1.82) is 0 Å². The van der Waals surface area contributed by atoms with Crippen molar-refractivity contribution in [1.82, 2.24) is 0 Å². The Bertz CT molecular complexity index is 84.0. The Morgan fingerprint density at radius 3 is 1.18 bits per heavy atom. The molecule has 0 heterocycles. The monoisotopic (exact) mass is 246 g/mol. The van der Waals surface area contributed by atoms with Crippen LogP contribution in [0.3, 0.4) is 0 Å². The zero-order valence-corrected chi connectivity index (χ0v) is 14.9. The maximum Gasteiger partial charge on any atom is -0.0388 e. The fourth-order valence-electron chi connectivity index (χ4n) is 1.86. The first-order valence-electron chi connectivity index (χ1n) is 8.20. The molecule has 1 aliphatic carbocycles. The molecule has 0 aliphatic heterocycles. The minimum Gasteiger partial charge on any atom is -0.0683 e. The first-order valence-corrected chi connectivity index (χ1v) is 8.20. The molecule has 1 saturated carbocycles. The van der Waals surface area contributed by atoms with Crippen molar-refractivity contribution in [3.05, 3.63) is 0 Å². The highest BCUT2D eigenvalue weighted by molar-refractivity contribution is 4.74. The Hall–Kier alpha value is 0. The summed E-state index contributed by atoms with van der Waals surface area (Å²) in [6, 6.07) is 0. The highest BCUT2D eigenvalue weighted by Crippen LogP contribution is 2.34. The molecule has 17 heavy (non-hydrogen) atoms. The zero-order valence-electron chi connectivity index (χ0n) is 14.9. The molecule has 2 unspecified atom stereocenters. The highest BCUT2D eigenvalue weighted by Gasteiger charge is 2.23. The largest absolute Gasteiger partial charge is 0.0683 e. The summed E-state index contributed by atoms with van der Waals surface area (Å²) in [6.07, 6.45) is 4.44. The lowest BCUT2D eigenvalue weighted by atomic mass is 9.94. The Kier molecular flexibility index (Phi) is 37.9. The van der Waals surface area contributed by atoms with Crippen LogP contribution in [0.5, 0.6) is 0 Å². The van der Waals surface area contributed by atoms with Crippen molar-refractivity contribution in [2.75, 3.05) is 0 Å². The van der Waals surface area contributed by atoms with Gasteiger partial charge in [0.05, 0.1) is 0 Å². The minimum atomic E-state index is 0.926. The summed E-state index contributed by atoms with van der Waals surface area (Å²) in [7, 11) is 0. The second-order valence-electron chi connectivity index (χ2n) is 3.92. The molecule has 0 heteroatoms. The van der Waals surface area contributed by atoms with Gasteiger partial charge in [0.2, 0.25) is 0 Å². The van der Waals surface area contributed by atoms with E-state index in [4.69, 9.17) is 0 Å². The second-order valence-corrected chi connectivity index (χ2v) is 3.92. The van der Waals surface area contributed by atoms with E-state index < -0.39 is 0 Å². The maximum atomic E-state index is 2.38. The number of hydrogen-bond donors (Lipinski definition) is 0. The lowest BCUT2D eigenvalue weighted by molar-refractivity contribution is 0.384. The van der Waals surface area contributed by atoms with Crippen molar-refractivity contribution in [2.24, 2.45) is 17.8 Å². The van der Waals surface area contributed by atoms with Crippen LogP contribution in [0.4, 0.5) is 0 Å². The predicted molar refractivity (Wildman–Crippen MR) is 86.7 cm³/mol. The first kappa shape index (κ1) is 25.8. The average molecular weight is 247 g/mol. The Morgan fingerprint density at radius 1 is 0.706 bits per heavy atom. The number of rotatable bonds is 1. The quantitative estimate of drug-likeness (QED) is 0.459. The molecule has 0 aromatic heterocycles. The van der Waals surface area contributed by atoms with Gasteiger partial charge in [-0.05, 0) is 30.6 Å². The fraction of sp³-hybridized carbons (Fsp3) is 1.00. The Labute approximate surface area is 114 Å². The van der Waals surface area contributed by atoms with E-state index in [1.807, 2.05) is 55.4 Å². The van der Waals surface area contributed by atoms with Crippen molar-refractivity contribution < 1.29 is 0 Å². The van der Waals surface area contributed by atoms with E-state index in [1.165, 1.54) is 19.3 Å². The van der Waals surface area contributed by atoms with Crippen molar-refractivity contribution in [3.8, 4) is 0 Å². The molecule has 1 fully saturated rings. The normalized spacial score (nSPS) is 20.5. The smallest absolute Gasteiger partial charge is 0.0388 e. The summed E-state index contributed by atoms with van der Waals surface area (Å²) in [5.74, 6) is 2.98. The second kappa shape index (κ2) is 25.0. The van der Waals surface area contributed by atoms with Crippen LogP contribution in [0, 0.1) is 17.8 Å². The molecule has 0 amide bonds. The van der Waals surface area contributed by atoms with Gasteiger partial charge in [-0.3, -0.25) is 0 Å². The van der Waals surface area contributed by atoms with Crippen molar-refractivity contribution >= 4 is 0 Å². The van der Waals surface area contributed by atoms with E-state index in [0.29, 0.717) is 0 Å². The molecule has 0 spiro atoms. The van der Waals surface area contributed by atoms with E-state index in [0.717, 1.165) is 17.8 Å². The topological polar surface area (TPSA) is 0 Å². The van der Waals surface area contributed by atoms with Gasteiger partial charge in [-0.1, -0.05) is 82.6 Å². The molecule has 2 atom stereocenters. The molecular formula is C17H42. The van der Waals surface area contributed by atoms with Crippen LogP contribution in [-0.2, 0) is 0 Å². The van der Waals surface area contributed by atoms with Crippen LogP contribution in [0.25, 0.3) is 0 Å². The zero-order chi connectivity index (χ0) is 14.9. The molecule has 1 rings (SSSR count). The van der Waals surface area contributed by atoms with Crippen molar-refractivity contribution in [2.45, 2.75) is 95.4 Å². The third kappa shape index (κ3) is 18.6. The lowest BCUT2D eigenvalue weighted by Gasteiger charge is -2.12. The third-order valence-electron chi connectivity index (χ3n) is 2.68. The standard InChI is InChI=1S/C9H18.4C2H6/c1-7(2)9-5-4-8(3)6-9;4*1-2/h7-9H,4-6H2,1-3H3;4*1-2H3. The van der Waals surface area contributed by atoms with E-state index >= 15 is 0 Å².